The molecule has 0 spiro atoms. The van der Waals surface area contributed by atoms with Crippen molar-refractivity contribution in [3.05, 3.63) is 35.5 Å². The maximum Gasteiger partial charge on any atom is 1.00 e. The third-order valence-corrected chi connectivity index (χ3v) is 5.57. The molecule has 1 saturated carbocycles. The number of aryl methyl sites for hydroxylation is 1. The molecule has 7 nitrogen and oxygen atoms in total. The third kappa shape index (κ3) is 3.54. The van der Waals surface area contributed by atoms with Crippen LogP contribution < -0.4 is 66.5 Å². The molecule has 1 aliphatic rings. The van der Waals surface area contributed by atoms with Crippen LogP contribution in [-0.2, 0) is 4.79 Å². The number of carboxylic acid groups (broad SMARTS) is 1. The molecule has 1 amide bonds. The number of benzene rings is 1. The van der Waals surface area contributed by atoms with E-state index in [0.29, 0.717) is 17.0 Å². The van der Waals surface area contributed by atoms with E-state index in [1.54, 1.807) is 52.1 Å². The molecule has 138 valence electrons. The number of amides is 1. The molecule has 27 heavy (non-hydrogen) atoms. The summed E-state index contributed by atoms with van der Waals surface area (Å²) in [5, 5.41) is 25.0. The normalized spacial score (nSPS) is 23.1. The third-order valence-electron chi connectivity index (χ3n) is 5.57. The number of carboxylic acids is 1. The second-order valence-electron chi connectivity index (χ2n) is 7.27. The van der Waals surface area contributed by atoms with Gasteiger partial charge in [0.05, 0.1) is 41.5 Å². The minimum atomic E-state index is -1.62. The maximum atomic E-state index is 12.8. The van der Waals surface area contributed by atoms with Crippen molar-refractivity contribution in [2.24, 2.45) is 5.41 Å². The second kappa shape index (κ2) is 7.77. The molecule has 0 saturated heterocycles. The minimum Gasteiger partial charge on any atom is -0.548 e. The van der Waals surface area contributed by atoms with Gasteiger partial charge in [-0.15, -0.1) is 0 Å². The van der Waals surface area contributed by atoms with E-state index >= 15 is 0 Å². The number of aliphatic carboxylic acids is 1. The number of methoxy groups -OCH3 is 1. The Bertz CT molecular complexity index is 914. The number of rotatable bonds is 4. The summed E-state index contributed by atoms with van der Waals surface area (Å²) in [4.78, 5) is 28.9. The molecule has 2 aromatic rings. The van der Waals surface area contributed by atoms with Crippen LogP contribution in [0.5, 0.6) is 5.75 Å². The van der Waals surface area contributed by atoms with Crippen LogP contribution in [0.3, 0.4) is 0 Å². The first-order valence-corrected chi connectivity index (χ1v) is 8.30. The number of ether oxygens (including phenoxy) is 1. The van der Waals surface area contributed by atoms with Gasteiger partial charge in [-0.2, -0.15) is 0 Å². The number of pyridine rings is 1. The van der Waals surface area contributed by atoms with E-state index in [0.717, 1.165) is 5.39 Å². The number of hydrogen-bond acceptors (Lipinski definition) is 6. The molecule has 0 aliphatic heterocycles. The quantitative estimate of drug-likeness (QED) is 0.556. The predicted octanol–water partition coefficient (Wildman–Crippen LogP) is -2.43. The molecule has 1 aromatic carbocycles. The summed E-state index contributed by atoms with van der Waals surface area (Å²) in [5.41, 5.74) is -1.24. The first-order valence-electron chi connectivity index (χ1n) is 8.30. The molecule has 1 aliphatic carbocycles. The van der Waals surface area contributed by atoms with E-state index in [4.69, 9.17) is 4.74 Å². The van der Waals surface area contributed by atoms with Crippen LogP contribution in [0.4, 0.5) is 0 Å². The fraction of sp³-hybridized carbons (Fsp3) is 0.421. The van der Waals surface area contributed by atoms with E-state index in [1.807, 2.05) is 0 Å². The molecular formula is C19H21KN2O5. The number of aliphatic hydroxyl groups excluding tert-OH is 1. The van der Waals surface area contributed by atoms with Crippen molar-refractivity contribution < 1.29 is 75.9 Å². The molecule has 1 heterocycles. The Morgan fingerprint density at radius 2 is 2.00 bits per heavy atom. The van der Waals surface area contributed by atoms with Crippen molar-refractivity contribution in [1.82, 2.24) is 10.3 Å². The van der Waals surface area contributed by atoms with Crippen molar-refractivity contribution in [3.8, 4) is 5.75 Å². The Morgan fingerprint density at radius 1 is 1.33 bits per heavy atom. The Kier molecular flexibility index (Phi) is 6.40. The summed E-state index contributed by atoms with van der Waals surface area (Å²) in [6.07, 6.45) is -0.922. The zero-order valence-electron chi connectivity index (χ0n) is 16.1. The molecule has 2 N–H and O–H groups in total. The summed E-state index contributed by atoms with van der Waals surface area (Å²) >= 11 is 0. The van der Waals surface area contributed by atoms with E-state index in [9.17, 15) is 19.8 Å². The zero-order valence-corrected chi connectivity index (χ0v) is 19.2. The summed E-state index contributed by atoms with van der Waals surface area (Å²) in [7, 11) is 1.56. The number of nitrogens with zero attached hydrogens (tertiary/aromatic N) is 1. The van der Waals surface area contributed by atoms with Gasteiger partial charge >= 0.3 is 51.4 Å². The van der Waals surface area contributed by atoms with Crippen molar-refractivity contribution in [2.45, 2.75) is 38.8 Å². The van der Waals surface area contributed by atoms with Crippen molar-refractivity contribution >= 4 is 22.8 Å². The van der Waals surface area contributed by atoms with E-state index in [1.165, 1.54) is 0 Å². The van der Waals surface area contributed by atoms with Gasteiger partial charge in [0.15, 0.2) is 0 Å². The average Bonchev–Trinajstić information content (AvgIpc) is 2.59. The van der Waals surface area contributed by atoms with Crippen LogP contribution in [0.25, 0.3) is 10.9 Å². The Balaban J connectivity index is 0.00000261. The summed E-state index contributed by atoms with van der Waals surface area (Å²) < 4.78 is 5.17. The fourth-order valence-electron chi connectivity index (χ4n) is 3.43. The van der Waals surface area contributed by atoms with Gasteiger partial charge in [-0.25, -0.2) is 0 Å². The summed E-state index contributed by atoms with van der Waals surface area (Å²) in [6.45, 7) is 4.87. The minimum absolute atomic E-state index is 0. The number of fused-ring (bicyclic) bond motifs is 1. The topological polar surface area (TPSA) is 112 Å². The molecule has 2 atom stereocenters. The Morgan fingerprint density at radius 3 is 2.52 bits per heavy atom. The van der Waals surface area contributed by atoms with Gasteiger partial charge in [0.2, 0.25) is 0 Å². The number of hydrogen-bond donors (Lipinski definition) is 2. The SMILES string of the molecule is COc1ccc2cc(C(=O)NC3(C(=O)[O-])CC(O)C3(C)C)c(C)nc2c1.[K+]. The molecule has 1 aromatic heterocycles. The van der Waals surface area contributed by atoms with Crippen LogP contribution in [0.2, 0.25) is 0 Å². The van der Waals surface area contributed by atoms with Crippen LogP contribution in [0.1, 0.15) is 36.3 Å². The summed E-state index contributed by atoms with van der Waals surface area (Å²) in [5.74, 6) is -1.31. The van der Waals surface area contributed by atoms with Gasteiger partial charge in [-0.1, -0.05) is 13.8 Å². The number of carbonyl (C=O) groups is 2. The van der Waals surface area contributed by atoms with Gasteiger partial charge < -0.3 is 25.1 Å². The van der Waals surface area contributed by atoms with Gasteiger partial charge in [-0.3, -0.25) is 9.78 Å². The van der Waals surface area contributed by atoms with Crippen LogP contribution in [0.15, 0.2) is 24.3 Å². The van der Waals surface area contributed by atoms with Crippen molar-refractivity contribution in [1.29, 1.82) is 0 Å². The van der Waals surface area contributed by atoms with Crippen molar-refractivity contribution in [3.63, 3.8) is 0 Å². The first-order chi connectivity index (χ1) is 12.1. The first kappa shape index (κ1) is 22.3. The summed E-state index contributed by atoms with van der Waals surface area (Å²) in [6, 6.07) is 6.97. The molecular weight excluding hydrogens is 375 g/mol. The van der Waals surface area contributed by atoms with E-state index in [2.05, 4.69) is 10.3 Å². The van der Waals surface area contributed by atoms with E-state index in [-0.39, 0.29) is 63.4 Å². The fourth-order valence-corrected chi connectivity index (χ4v) is 3.43. The number of aromatic nitrogens is 1. The zero-order chi connectivity index (χ0) is 19.3. The molecule has 1 fully saturated rings. The van der Waals surface area contributed by atoms with Gasteiger partial charge in [0, 0.05) is 23.3 Å². The monoisotopic (exact) mass is 396 g/mol. The van der Waals surface area contributed by atoms with Crippen molar-refractivity contribution in [2.75, 3.05) is 7.11 Å². The smallest absolute Gasteiger partial charge is 0.548 e. The average molecular weight is 396 g/mol. The van der Waals surface area contributed by atoms with Gasteiger partial charge in [0.25, 0.3) is 5.91 Å². The van der Waals surface area contributed by atoms with Crippen LogP contribution in [0, 0.1) is 12.3 Å². The van der Waals surface area contributed by atoms with E-state index < -0.39 is 28.9 Å². The number of carbonyl (C=O) groups excluding carboxylic acids is 2. The van der Waals surface area contributed by atoms with Gasteiger partial charge in [-0.05, 0) is 25.1 Å². The van der Waals surface area contributed by atoms with Gasteiger partial charge in [0.1, 0.15) is 5.75 Å². The largest absolute Gasteiger partial charge is 1.00 e. The van der Waals surface area contributed by atoms with Crippen LogP contribution >= 0.6 is 0 Å². The maximum absolute atomic E-state index is 12.8. The number of aliphatic hydroxyl groups is 1. The molecule has 0 bridgehead atoms. The molecule has 3 rings (SSSR count). The predicted molar refractivity (Wildman–Crippen MR) is 92.6 cm³/mol. The molecule has 0 radical (unpaired) electrons. The Labute approximate surface area is 199 Å². The molecule has 2 unspecified atom stereocenters. The van der Waals surface area contributed by atoms with Crippen LogP contribution in [-0.4, -0.2) is 40.7 Å². The standard InChI is InChI=1S/C19H22N2O5.K/c1-10-13(7-11-5-6-12(26-4)8-14(11)20-10)16(23)21-19(17(24)25)9-15(22)18(19,2)3;/h5-8,15,22H,9H2,1-4H3,(H,21,23)(H,24,25);/q;+1/p-1. The second-order valence-corrected chi connectivity index (χ2v) is 7.27. The Hall–Kier alpha value is -1.03. The number of nitrogens with one attached hydrogen (secondary N) is 1. The molecule has 8 heteroatoms.